The first-order valence-electron chi connectivity index (χ1n) is 10.2. The van der Waals surface area contributed by atoms with Gasteiger partial charge in [0.1, 0.15) is 0 Å². The Kier molecular flexibility index (Phi) is 11.6. The monoisotopic (exact) mass is 364 g/mol. The number of esters is 1. The predicted molar refractivity (Wildman–Crippen MR) is 105 cm³/mol. The summed E-state index contributed by atoms with van der Waals surface area (Å²) < 4.78 is 5.33. The normalized spacial score (nSPS) is 12.1. The van der Waals surface area contributed by atoms with Crippen molar-refractivity contribution in [3.05, 3.63) is 23.8 Å². The maximum absolute atomic E-state index is 11.9. The molecule has 4 heteroatoms. The molecular weight excluding hydrogens is 328 g/mol. The summed E-state index contributed by atoms with van der Waals surface area (Å²) in [7, 11) is 0. The highest BCUT2D eigenvalue weighted by Gasteiger charge is 2.10. The minimum atomic E-state index is -0.297. The number of aromatic hydroxyl groups is 2. The molecule has 1 aromatic rings. The molecule has 0 saturated carbocycles. The number of hydrogen-bond donors (Lipinski definition) is 2. The Morgan fingerprint density at radius 2 is 1.58 bits per heavy atom. The van der Waals surface area contributed by atoms with Crippen molar-refractivity contribution in [2.75, 3.05) is 6.61 Å². The van der Waals surface area contributed by atoms with Crippen molar-refractivity contribution in [3.63, 3.8) is 0 Å². The molecule has 1 unspecified atom stereocenters. The van der Waals surface area contributed by atoms with E-state index in [9.17, 15) is 15.0 Å². The molecular formula is C22H36O4. The van der Waals surface area contributed by atoms with Crippen LogP contribution in [0.1, 0.15) is 83.6 Å². The maximum atomic E-state index is 11.9. The molecule has 0 aromatic heterocycles. The van der Waals surface area contributed by atoms with E-state index in [4.69, 9.17) is 4.74 Å². The average Bonchev–Trinajstić information content (AvgIpc) is 2.61. The van der Waals surface area contributed by atoms with Crippen molar-refractivity contribution >= 4 is 5.97 Å². The van der Waals surface area contributed by atoms with Crippen LogP contribution in [-0.4, -0.2) is 22.8 Å². The smallest absolute Gasteiger partial charge is 0.310 e. The van der Waals surface area contributed by atoms with Crippen LogP contribution in [0.3, 0.4) is 0 Å². The van der Waals surface area contributed by atoms with E-state index in [0.29, 0.717) is 18.1 Å². The number of carbonyl (C=O) groups excluding carboxylic acids is 1. The highest BCUT2D eigenvalue weighted by atomic mass is 16.5. The summed E-state index contributed by atoms with van der Waals surface area (Å²) in [5, 5.41) is 18.7. The van der Waals surface area contributed by atoms with Crippen LogP contribution in [0.15, 0.2) is 18.2 Å². The fourth-order valence-electron chi connectivity index (χ4n) is 3.02. The van der Waals surface area contributed by atoms with Crippen molar-refractivity contribution in [3.8, 4) is 11.5 Å². The van der Waals surface area contributed by atoms with E-state index in [2.05, 4.69) is 13.8 Å². The number of hydrogen-bond acceptors (Lipinski definition) is 4. The third-order valence-electron chi connectivity index (χ3n) is 4.72. The third kappa shape index (κ3) is 10.3. The minimum absolute atomic E-state index is 0.110. The Balaban J connectivity index is 2.04. The van der Waals surface area contributed by atoms with Gasteiger partial charge in [0, 0.05) is 0 Å². The molecule has 0 fully saturated rings. The summed E-state index contributed by atoms with van der Waals surface area (Å²) in [6.45, 7) is 4.81. The predicted octanol–water partition coefficient (Wildman–Crippen LogP) is 5.74. The molecule has 0 aliphatic carbocycles. The molecule has 1 atom stereocenters. The average molecular weight is 365 g/mol. The second-order valence-corrected chi connectivity index (χ2v) is 7.41. The quantitative estimate of drug-likeness (QED) is 0.251. The summed E-state index contributed by atoms with van der Waals surface area (Å²) in [5.74, 6) is -0.323. The molecule has 26 heavy (non-hydrogen) atoms. The Morgan fingerprint density at radius 1 is 0.962 bits per heavy atom. The Bertz CT molecular complexity index is 513. The number of phenols is 2. The maximum Gasteiger partial charge on any atom is 0.310 e. The first kappa shape index (κ1) is 22.3. The number of rotatable bonds is 14. The van der Waals surface area contributed by atoms with Crippen LogP contribution < -0.4 is 0 Å². The van der Waals surface area contributed by atoms with Crippen LogP contribution in [0.4, 0.5) is 0 Å². The van der Waals surface area contributed by atoms with Crippen molar-refractivity contribution in [1.82, 2.24) is 0 Å². The van der Waals surface area contributed by atoms with Gasteiger partial charge in [-0.25, -0.2) is 0 Å². The van der Waals surface area contributed by atoms with Crippen molar-refractivity contribution < 1.29 is 19.7 Å². The molecule has 0 aliphatic heterocycles. The second-order valence-electron chi connectivity index (χ2n) is 7.41. The van der Waals surface area contributed by atoms with E-state index in [-0.39, 0.29) is 23.9 Å². The lowest BCUT2D eigenvalue weighted by Gasteiger charge is -2.12. The Labute approximate surface area is 158 Å². The third-order valence-corrected chi connectivity index (χ3v) is 4.72. The van der Waals surface area contributed by atoms with E-state index in [1.54, 1.807) is 6.07 Å². The standard InChI is InChI=1S/C22H36O4/c1-3-4-5-6-7-8-9-10-11-12-18(2)17-26-22(25)16-19-13-14-20(23)21(24)15-19/h13-15,18,23-24H,3-12,16-17H2,1-2H3. The van der Waals surface area contributed by atoms with Gasteiger partial charge in [0.2, 0.25) is 0 Å². The number of benzene rings is 1. The highest BCUT2D eigenvalue weighted by molar-refractivity contribution is 5.72. The van der Waals surface area contributed by atoms with E-state index in [0.717, 1.165) is 6.42 Å². The van der Waals surface area contributed by atoms with Crippen LogP contribution in [0.25, 0.3) is 0 Å². The van der Waals surface area contributed by atoms with Crippen LogP contribution in [0.5, 0.6) is 11.5 Å². The lowest BCUT2D eigenvalue weighted by Crippen LogP contribution is -2.14. The van der Waals surface area contributed by atoms with E-state index >= 15 is 0 Å². The fraction of sp³-hybridized carbons (Fsp3) is 0.682. The summed E-state index contributed by atoms with van der Waals surface area (Å²) in [5.41, 5.74) is 0.636. The number of unbranched alkanes of at least 4 members (excludes halogenated alkanes) is 8. The largest absolute Gasteiger partial charge is 0.504 e. The van der Waals surface area contributed by atoms with E-state index in [1.165, 1.54) is 69.9 Å². The molecule has 1 aromatic carbocycles. The fourth-order valence-corrected chi connectivity index (χ4v) is 3.02. The zero-order chi connectivity index (χ0) is 19.2. The summed E-state index contributed by atoms with van der Waals surface area (Å²) in [6, 6.07) is 4.38. The lowest BCUT2D eigenvalue weighted by molar-refractivity contribution is -0.144. The van der Waals surface area contributed by atoms with Crippen LogP contribution in [0.2, 0.25) is 0 Å². The van der Waals surface area contributed by atoms with Gasteiger partial charge in [0.25, 0.3) is 0 Å². The first-order chi connectivity index (χ1) is 12.5. The zero-order valence-corrected chi connectivity index (χ0v) is 16.5. The molecule has 0 amide bonds. The molecule has 148 valence electrons. The van der Waals surface area contributed by atoms with Crippen molar-refractivity contribution in [2.45, 2.75) is 84.5 Å². The van der Waals surface area contributed by atoms with Gasteiger partial charge in [-0.05, 0) is 30.0 Å². The highest BCUT2D eigenvalue weighted by Crippen LogP contribution is 2.25. The molecule has 0 saturated heterocycles. The van der Waals surface area contributed by atoms with Crippen LogP contribution in [-0.2, 0) is 16.0 Å². The van der Waals surface area contributed by atoms with Gasteiger partial charge in [-0.3, -0.25) is 4.79 Å². The Morgan fingerprint density at radius 3 is 2.19 bits per heavy atom. The first-order valence-corrected chi connectivity index (χ1v) is 10.2. The van der Waals surface area contributed by atoms with Crippen molar-refractivity contribution in [1.29, 1.82) is 0 Å². The zero-order valence-electron chi connectivity index (χ0n) is 16.5. The molecule has 4 nitrogen and oxygen atoms in total. The van der Waals surface area contributed by atoms with Crippen LogP contribution in [0, 0.1) is 5.92 Å². The van der Waals surface area contributed by atoms with Gasteiger partial charge in [-0.2, -0.15) is 0 Å². The van der Waals surface area contributed by atoms with E-state index < -0.39 is 0 Å². The molecule has 0 spiro atoms. The molecule has 0 aliphatic rings. The number of carbonyl (C=O) groups is 1. The van der Waals surface area contributed by atoms with Gasteiger partial charge < -0.3 is 14.9 Å². The number of ether oxygens (including phenoxy) is 1. The topological polar surface area (TPSA) is 66.8 Å². The van der Waals surface area contributed by atoms with Gasteiger partial charge in [0.05, 0.1) is 13.0 Å². The van der Waals surface area contributed by atoms with Gasteiger partial charge in [-0.1, -0.05) is 77.7 Å². The van der Waals surface area contributed by atoms with Crippen molar-refractivity contribution in [2.24, 2.45) is 5.92 Å². The minimum Gasteiger partial charge on any atom is -0.504 e. The summed E-state index contributed by atoms with van der Waals surface area (Å²) in [4.78, 5) is 11.9. The van der Waals surface area contributed by atoms with Gasteiger partial charge >= 0.3 is 5.97 Å². The molecule has 2 N–H and O–H groups in total. The Hall–Kier alpha value is -1.71. The second kappa shape index (κ2) is 13.5. The molecule has 1 rings (SSSR count). The van der Waals surface area contributed by atoms with Gasteiger partial charge in [-0.15, -0.1) is 0 Å². The molecule has 0 radical (unpaired) electrons. The summed E-state index contributed by atoms with van der Waals surface area (Å²) >= 11 is 0. The SMILES string of the molecule is CCCCCCCCCCCC(C)COC(=O)Cc1ccc(O)c(O)c1. The number of phenolic OH excluding ortho intramolecular Hbond substituents is 2. The van der Waals surface area contributed by atoms with Gasteiger partial charge in [0.15, 0.2) is 11.5 Å². The lowest BCUT2D eigenvalue weighted by atomic mass is 10.0. The van der Waals surface area contributed by atoms with E-state index in [1.807, 2.05) is 0 Å². The van der Waals surface area contributed by atoms with Crippen LogP contribution >= 0.6 is 0 Å². The molecule has 0 bridgehead atoms. The molecule has 0 heterocycles. The summed E-state index contributed by atoms with van der Waals surface area (Å²) in [6.07, 6.45) is 13.1.